The molecule has 0 saturated heterocycles. The van der Waals surface area contributed by atoms with Crippen molar-refractivity contribution in [1.29, 1.82) is 5.26 Å². The molecule has 0 aliphatic carbocycles. The van der Waals surface area contributed by atoms with Crippen molar-refractivity contribution in [2.45, 2.75) is 19.8 Å². The van der Waals surface area contributed by atoms with E-state index in [1.165, 1.54) is 0 Å². The van der Waals surface area contributed by atoms with E-state index in [1.54, 1.807) is 10.9 Å². The molecule has 0 unspecified atom stereocenters. The fourth-order valence-corrected chi connectivity index (χ4v) is 3.05. The van der Waals surface area contributed by atoms with Crippen molar-refractivity contribution in [3.05, 3.63) is 83.0 Å². The molecule has 0 atom stereocenters. The monoisotopic (exact) mass is 430 g/mol. The summed E-state index contributed by atoms with van der Waals surface area (Å²) in [5.41, 5.74) is 6.30. The minimum Gasteiger partial charge on any atom is -0.422 e. The average molecular weight is 431 g/mol. The zero-order valence-corrected chi connectivity index (χ0v) is 17.7. The highest BCUT2D eigenvalue weighted by molar-refractivity contribution is 6.30. The van der Waals surface area contributed by atoms with Gasteiger partial charge in [-0.3, -0.25) is 0 Å². The zero-order valence-electron chi connectivity index (χ0n) is 17.0. The third-order valence-electron chi connectivity index (χ3n) is 4.49. The van der Waals surface area contributed by atoms with Crippen LogP contribution in [0.15, 0.2) is 70.3 Å². The van der Waals surface area contributed by atoms with Crippen molar-refractivity contribution < 1.29 is 4.42 Å². The second-order valence-electron chi connectivity index (χ2n) is 7.09. The molecule has 0 amide bonds. The molecule has 2 aromatic heterocycles. The van der Waals surface area contributed by atoms with E-state index in [-0.39, 0.29) is 17.5 Å². The Hall–Kier alpha value is -3.89. The van der Waals surface area contributed by atoms with Gasteiger partial charge in [0.2, 0.25) is 11.6 Å². The predicted octanol–water partition coefficient (Wildman–Crippen LogP) is 5.62. The van der Waals surface area contributed by atoms with Gasteiger partial charge in [-0.25, -0.2) is 15.1 Å². The van der Waals surface area contributed by atoms with Crippen molar-refractivity contribution >= 4 is 23.7 Å². The molecule has 0 fully saturated rings. The number of hydrogen-bond donors (Lipinski definition) is 1. The Balaban J connectivity index is 1.68. The highest BCUT2D eigenvalue weighted by Crippen LogP contribution is 2.25. The summed E-state index contributed by atoms with van der Waals surface area (Å²) in [7, 11) is 0. The van der Waals surface area contributed by atoms with Gasteiger partial charge in [0.25, 0.3) is 5.88 Å². The minimum atomic E-state index is 0.0623. The molecule has 0 aliphatic rings. The van der Waals surface area contributed by atoms with Crippen molar-refractivity contribution in [1.82, 2.24) is 14.8 Å². The van der Waals surface area contributed by atoms with Crippen LogP contribution in [0.4, 0.5) is 5.88 Å². The molecule has 154 valence electrons. The van der Waals surface area contributed by atoms with E-state index in [0.29, 0.717) is 10.9 Å². The number of halogens is 1. The number of nitrogens with zero attached hydrogens (tertiary/aromatic N) is 5. The first-order valence-corrected chi connectivity index (χ1v) is 10.0. The van der Waals surface area contributed by atoms with Gasteiger partial charge in [-0.2, -0.15) is 15.5 Å². The van der Waals surface area contributed by atoms with Gasteiger partial charge in [0.15, 0.2) is 0 Å². The number of hydrogen-bond acceptors (Lipinski definition) is 6. The lowest BCUT2D eigenvalue weighted by Gasteiger charge is -2.00. The smallest absolute Gasteiger partial charge is 0.252 e. The maximum atomic E-state index is 9.29. The number of nitrogens with one attached hydrogen (secondary N) is 1. The SMILES string of the molecule is CC(C)c1nc(C#N)c(N/N=C/c2cn(-c3ccccc3)nc2-c2ccc(Cl)cc2)o1. The van der Waals surface area contributed by atoms with Crippen LogP contribution in [0, 0.1) is 11.3 Å². The van der Waals surface area contributed by atoms with Crippen molar-refractivity contribution in [3.63, 3.8) is 0 Å². The maximum absolute atomic E-state index is 9.29. The lowest BCUT2D eigenvalue weighted by molar-refractivity contribution is 0.481. The van der Waals surface area contributed by atoms with Crippen LogP contribution in [0.2, 0.25) is 5.02 Å². The first-order chi connectivity index (χ1) is 15.0. The fraction of sp³-hybridized carbons (Fsp3) is 0.130. The summed E-state index contributed by atoms with van der Waals surface area (Å²) >= 11 is 6.04. The van der Waals surface area contributed by atoms with Crippen LogP contribution in [0.1, 0.15) is 36.9 Å². The normalized spacial score (nSPS) is 11.2. The van der Waals surface area contributed by atoms with Crippen LogP contribution in [0.5, 0.6) is 0 Å². The van der Waals surface area contributed by atoms with Crippen LogP contribution in [0.3, 0.4) is 0 Å². The van der Waals surface area contributed by atoms with Gasteiger partial charge in [-0.05, 0) is 24.3 Å². The van der Waals surface area contributed by atoms with Crippen LogP contribution in [-0.2, 0) is 0 Å². The van der Waals surface area contributed by atoms with Gasteiger partial charge in [0, 0.05) is 28.3 Å². The summed E-state index contributed by atoms with van der Waals surface area (Å²) in [5, 5.41) is 18.9. The van der Waals surface area contributed by atoms with Gasteiger partial charge >= 0.3 is 0 Å². The molecule has 0 saturated carbocycles. The number of para-hydroxylation sites is 1. The molecule has 4 aromatic rings. The Morgan fingerprint density at radius 2 is 1.90 bits per heavy atom. The van der Waals surface area contributed by atoms with Crippen molar-refractivity contribution in [2.75, 3.05) is 5.43 Å². The molecular formula is C23H19ClN6O. The third-order valence-corrected chi connectivity index (χ3v) is 4.75. The first-order valence-electron chi connectivity index (χ1n) is 9.66. The average Bonchev–Trinajstić information content (AvgIpc) is 3.40. The summed E-state index contributed by atoms with van der Waals surface area (Å²) < 4.78 is 7.40. The number of aromatic nitrogens is 3. The zero-order chi connectivity index (χ0) is 21.8. The molecule has 1 N–H and O–H groups in total. The van der Waals surface area contributed by atoms with E-state index in [0.717, 1.165) is 22.5 Å². The molecular weight excluding hydrogens is 412 g/mol. The molecule has 0 bridgehead atoms. The second-order valence-corrected chi connectivity index (χ2v) is 7.52. The standard InChI is InChI=1S/C23H19ClN6O/c1-15(2)22-27-20(12-25)23(31-22)28-26-13-17-14-30(19-6-4-3-5-7-19)29-21(17)16-8-10-18(24)11-9-16/h3-11,13-15,28H,1-2H3/b26-13+. The minimum absolute atomic E-state index is 0.0623. The van der Waals surface area contributed by atoms with E-state index in [1.807, 2.05) is 80.7 Å². The number of rotatable bonds is 6. The van der Waals surface area contributed by atoms with E-state index in [2.05, 4.69) is 15.5 Å². The molecule has 2 heterocycles. The third kappa shape index (κ3) is 4.49. The molecule has 0 radical (unpaired) electrons. The molecule has 2 aromatic carbocycles. The number of oxazole rings is 1. The second kappa shape index (κ2) is 8.86. The van der Waals surface area contributed by atoms with Gasteiger partial charge < -0.3 is 4.42 Å². The van der Waals surface area contributed by atoms with Crippen LogP contribution >= 0.6 is 11.6 Å². The Bertz CT molecular complexity index is 1250. The highest BCUT2D eigenvalue weighted by Gasteiger charge is 2.15. The Labute approximate surface area is 184 Å². The summed E-state index contributed by atoms with van der Waals surface area (Å²) in [6, 6.07) is 19.3. The fourth-order valence-electron chi connectivity index (χ4n) is 2.92. The van der Waals surface area contributed by atoms with E-state index >= 15 is 0 Å². The molecule has 8 heteroatoms. The van der Waals surface area contributed by atoms with Gasteiger partial charge in [0.1, 0.15) is 11.8 Å². The Morgan fingerprint density at radius 3 is 2.58 bits per heavy atom. The molecule has 4 rings (SSSR count). The Kier molecular flexibility index (Phi) is 5.83. The highest BCUT2D eigenvalue weighted by atomic mass is 35.5. The lowest BCUT2D eigenvalue weighted by Crippen LogP contribution is -1.93. The largest absolute Gasteiger partial charge is 0.422 e. The topological polar surface area (TPSA) is 92.0 Å². The lowest BCUT2D eigenvalue weighted by atomic mass is 10.1. The number of benzene rings is 2. The van der Waals surface area contributed by atoms with E-state index in [9.17, 15) is 5.26 Å². The maximum Gasteiger partial charge on any atom is 0.252 e. The van der Waals surface area contributed by atoms with E-state index in [4.69, 9.17) is 21.1 Å². The van der Waals surface area contributed by atoms with Crippen LogP contribution in [0.25, 0.3) is 16.9 Å². The first kappa shape index (κ1) is 20.4. The summed E-state index contributed by atoms with van der Waals surface area (Å²) in [5.74, 6) is 0.756. The summed E-state index contributed by atoms with van der Waals surface area (Å²) in [6.45, 7) is 3.88. The Morgan fingerprint density at radius 1 is 1.16 bits per heavy atom. The predicted molar refractivity (Wildman–Crippen MR) is 121 cm³/mol. The van der Waals surface area contributed by atoms with Gasteiger partial charge in [-0.15, -0.1) is 0 Å². The van der Waals surface area contributed by atoms with Crippen molar-refractivity contribution in [3.8, 4) is 23.0 Å². The van der Waals surface area contributed by atoms with Crippen LogP contribution in [-0.4, -0.2) is 21.0 Å². The van der Waals surface area contributed by atoms with E-state index < -0.39 is 0 Å². The molecule has 31 heavy (non-hydrogen) atoms. The summed E-state index contributed by atoms with van der Waals surface area (Å²) in [4.78, 5) is 4.18. The molecule has 0 aliphatic heterocycles. The van der Waals surface area contributed by atoms with Gasteiger partial charge in [-0.1, -0.05) is 55.8 Å². The number of nitriles is 1. The van der Waals surface area contributed by atoms with Gasteiger partial charge in [0.05, 0.1) is 11.9 Å². The quantitative estimate of drug-likeness (QED) is 0.316. The summed E-state index contributed by atoms with van der Waals surface area (Å²) in [6.07, 6.45) is 3.52. The number of hydrazone groups is 1. The van der Waals surface area contributed by atoms with Crippen molar-refractivity contribution in [2.24, 2.45) is 5.10 Å². The molecule has 0 spiro atoms. The molecule has 7 nitrogen and oxygen atoms in total. The van der Waals surface area contributed by atoms with Crippen LogP contribution < -0.4 is 5.43 Å². The number of anilines is 1.